The van der Waals surface area contributed by atoms with Crippen LogP contribution in [0.1, 0.15) is 24.2 Å². The maximum absolute atomic E-state index is 12.4. The van der Waals surface area contributed by atoms with Gasteiger partial charge in [0.15, 0.2) is 5.78 Å². The summed E-state index contributed by atoms with van der Waals surface area (Å²) in [4.78, 5) is 12.4. The number of carbonyl (C=O) groups excluding carboxylic acids is 1. The van der Waals surface area contributed by atoms with E-state index in [4.69, 9.17) is 4.74 Å². The molecule has 0 spiro atoms. The van der Waals surface area contributed by atoms with Gasteiger partial charge in [0.2, 0.25) is 0 Å². The van der Waals surface area contributed by atoms with Crippen LogP contribution >= 0.6 is 0 Å². The van der Waals surface area contributed by atoms with Crippen molar-refractivity contribution in [1.29, 1.82) is 0 Å². The molecule has 1 aliphatic carbocycles. The fourth-order valence-electron chi connectivity index (χ4n) is 2.31. The van der Waals surface area contributed by atoms with E-state index in [0.717, 1.165) is 16.7 Å². The summed E-state index contributed by atoms with van der Waals surface area (Å²) in [6.45, 7) is 3.97. The van der Waals surface area contributed by atoms with Crippen molar-refractivity contribution >= 4 is 5.78 Å². The van der Waals surface area contributed by atoms with E-state index in [1.165, 1.54) is 0 Å². The molecular weight excluding hydrogens is 224 g/mol. The third kappa shape index (κ3) is 2.44. The minimum Gasteiger partial charge on any atom is -0.373 e. The molecule has 1 aliphatic rings. The van der Waals surface area contributed by atoms with Gasteiger partial charge in [0.25, 0.3) is 0 Å². The number of hydrogen-bond donors (Lipinski definition) is 0. The fraction of sp³-hybridized carbons (Fsp3) is 0.312. The molecule has 0 fully saturated rings. The van der Waals surface area contributed by atoms with E-state index in [1.807, 2.05) is 50.3 Å². The Labute approximate surface area is 108 Å². The molecule has 1 aromatic carbocycles. The van der Waals surface area contributed by atoms with Gasteiger partial charge in [-0.15, -0.1) is 0 Å². The van der Waals surface area contributed by atoms with E-state index in [9.17, 15) is 4.79 Å². The number of ketones is 1. The van der Waals surface area contributed by atoms with Gasteiger partial charge in [-0.1, -0.05) is 48.9 Å². The van der Waals surface area contributed by atoms with Gasteiger partial charge in [-0.25, -0.2) is 0 Å². The molecule has 0 bridgehead atoms. The molecule has 0 aliphatic heterocycles. The van der Waals surface area contributed by atoms with Crippen LogP contribution < -0.4 is 0 Å². The number of Topliss-reactive ketones (excluding diaryl/α,β-unsaturated/α-hetero) is 1. The largest absolute Gasteiger partial charge is 0.373 e. The van der Waals surface area contributed by atoms with Crippen LogP contribution in [0.4, 0.5) is 0 Å². The predicted molar refractivity (Wildman–Crippen MR) is 72.6 cm³/mol. The first kappa shape index (κ1) is 12.8. The number of ether oxygens (including phenoxy) is 1. The highest BCUT2D eigenvalue weighted by atomic mass is 16.5. The molecule has 2 heteroatoms. The highest BCUT2D eigenvalue weighted by Gasteiger charge is 2.27. The second-order valence-corrected chi connectivity index (χ2v) is 4.66. The van der Waals surface area contributed by atoms with Crippen molar-refractivity contribution < 1.29 is 9.53 Å². The van der Waals surface area contributed by atoms with E-state index in [1.54, 1.807) is 7.11 Å². The Morgan fingerprint density at radius 3 is 2.56 bits per heavy atom. The van der Waals surface area contributed by atoms with Crippen molar-refractivity contribution in [3.63, 3.8) is 0 Å². The van der Waals surface area contributed by atoms with E-state index in [2.05, 4.69) is 6.08 Å². The lowest BCUT2D eigenvalue weighted by atomic mass is 9.90. The van der Waals surface area contributed by atoms with Crippen molar-refractivity contribution in [3.05, 3.63) is 59.2 Å². The molecule has 2 atom stereocenters. The summed E-state index contributed by atoms with van der Waals surface area (Å²) in [5.74, 6) is -0.00181. The van der Waals surface area contributed by atoms with E-state index in [0.29, 0.717) is 0 Å². The normalized spacial score (nSPS) is 20.3. The lowest BCUT2D eigenvalue weighted by Gasteiger charge is -2.18. The molecule has 18 heavy (non-hydrogen) atoms. The average Bonchev–Trinajstić information content (AvgIpc) is 2.79. The van der Waals surface area contributed by atoms with Gasteiger partial charge in [0, 0.05) is 18.6 Å². The average molecular weight is 242 g/mol. The molecular formula is C16H18O2. The van der Waals surface area contributed by atoms with Crippen LogP contribution in [0.5, 0.6) is 0 Å². The zero-order valence-corrected chi connectivity index (χ0v) is 11.0. The first-order chi connectivity index (χ1) is 8.63. The maximum atomic E-state index is 12.4. The third-order valence-corrected chi connectivity index (χ3v) is 3.34. The third-order valence-electron chi connectivity index (χ3n) is 3.34. The number of carbonyl (C=O) groups is 1. The Hall–Kier alpha value is -1.67. The second kappa shape index (κ2) is 5.32. The molecule has 1 aromatic rings. The monoisotopic (exact) mass is 242 g/mol. The Morgan fingerprint density at radius 1 is 1.28 bits per heavy atom. The molecule has 0 amide bonds. The molecule has 94 valence electrons. The van der Waals surface area contributed by atoms with Crippen molar-refractivity contribution in [3.8, 4) is 0 Å². The highest BCUT2D eigenvalue weighted by molar-refractivity contribution is 5.99. The van der Waals surface area contributed by atoms with Crippen LogP contribution in [0.15, 0.2) is 53.6 Å². The molecule has 0 saturated heterocycles. The van der Waals surface area contributed by atoms with E-state index in [-0.39, 0.29) is 17.8 Å². The topological polar surface area (TPSA) is 26.3 Å². The van der Waals surface area contributed by atoms with E-state index < -0.39 is 0 Å². The molecule has 0 aromatic heterocycles. The Kier molecular flexibility index (Phi) is 3.78. The Bertz CT molecular complexity index is 497. The summed E-state index contributed by atoms with van der Waals surface area (Å²) < 4.78 is 5.40. The molecule has 0 radical (unpaired) electrons. The lowest BCUT2D eigenvalue weighted by molar-refractivity contribution is 0.0922. The first-order valence-corrected chi connectivity index (χ1v) is 6.15. The number of benzene rings is 1. The van der Waals surface area contributed by atoms with Crippen LogP contribution in [0.3, 0.4) is 0 Å². The highest BCUT2D eigenvalue weighted by Crippen LogP contribution is 2.28. The predicted octanol–water partition coefficient (Wildman–Crippen LogP) is 3.41. The van der Waals surface area contributed by atoms with Gasteiger partial charge in [-0.05, 0) is 18.6 Å². The van der Waals surface area contributed by atoms with Crippen LogP contribution in [0.25, 0.3) is 0 Å². The zero-order chi connectivity index (χ0) is 13.1. The van der Waals surface area contributed by atoms with Gasteiger partial charge in [0.1, 0.15) is 0 Å². The van der Waals surface area contributed by atoms with Crippen LogP contribution in [-0.4, -0.2) is 19.0 Å². The molecule has 2 rings (SSSR count). The van der Waals surface area contributed by atoms with Crippen molar-refractivity contribution in [2.45, 2.75) is 20.0 Å². The molecule has 2 nitrogen and oxygen atoms in total. The minimum atomic E-state index is -0.147. The second-order valence-electron chi connectivity index (χ2n) is 4.66. The van der Waals surface area contributed by atoms with Crippen molar-refractivity contribution in [2.75, 3.05) is 7.11 Å². The Balaban J connectivity index is 2.21. The van der Waals surface area contributed by atoms with Crippen molar-refractivity contribution in [2.24, 2.45) is 5.92 Å². The fourth-order valence-corrected chi connectivity index (χ4v) is 2.31. The van der Waals surface area contributed by atoms with Gasteiger partial charge in [-0.3, -0.25) is 4.79 Å². The maximum Gasteiger partial charge on any atom is 0.169 e. The number of allylic oxidation sites excluding steroid dienone is 2. The van der Waals surface area contributed by atoms with E-state index >= 15 is 0 Å². The van der Waals surface area contributed by atoms with Gasteiger partial charge >= 0.3 is 0 Å². The quantitative estimate of drug-likeness (QED) is 0.756. The summed E-state index contributed by atoms with van der Waals surface area (Å²) in [6.07, 6.45) is 4.04. The molecule has 0 heterocycles. The summed E-state index contributed by atoms with van der Waals surface area (Å²) in [5, 5.41) is 0. The minimum absolute atomic E-state index is 0.0623. The smallest absolute Gasteiger partial charge is 0.169 e. The molecule has 2 unspecified atom stereocenters. The van der Waals surface area contributed by atoms with Gasteiger partial charge in [0.05, 0.1) is 6.10 Å². The summed E-state index contributed by atoms with van der Waals surface area (Å²) >= 11 is 0. The molecule has 0 N–H and O–H groups in total. The van der Waals surface area contributed by atoms with Crippen molar-refractivity contribution in [1.82, 2.24) is 0 Å². The first-order valence-electron chi connectivity index (χ1n) is 6.15. The number of hydrogen-bond acceptors (Lipinski definition) is 2. The Morgan fingerprint density at radius 2 is 1.94 bits per heavy atom. The van der Waals surface area contributed by atoms with Crippen LogP contribution in [0.2, 0.25) is 0 Å². The zero-order valence-electron chi connectivity index (χ0n) is 11.0. The lowest BCUT2D eigenvalue weighted by Crippen LogP contribution is -2.21. The standard InChI is InChI=1S/C16H18O2/c1-11-9-14(15(10-11)18-3)12(2)16(17)13-7-5-4-6-8-13/h4-10,12,15H,1-3H3. The summed E-state index contributed by atoms with van der Waals surface area (Å²) in [6, 6.07) is 9.41. The summed E-state index contributed by atoms with van der Waals surface area (Å²) in [7, 11) is 1.67. The van der Waals surface area contributed by atoms with Crippen LogP contribution in [0, 0.1) is 5.92 Å². The van der Waals surface area contributed by atoms with Crippen LogP contribution in [-0.2, 0) is 4.74 Å². The summed E-state index contributed by atoms with van der Waals surface area (Å²) in [5.41, 5.74) is 2.96. The number of methoxy groups -OCH3 is 1. The van der Waals surface area contributed by atoms with Gasteiger partial charge in [-0.2, -0.15) is 0 Å². The SMILES string of the molecule is COC1C=C(C)C=C1C(C)C(=O)c1ccccc1. The number of rotatable bonds is 4. The van der Waals surface area contributed by atoms with Gasteiger partial charge < -0.3 is 4.74 Å². The molecule has 0 saturated carbocycles.